The standard InChI is InChI=1S/C13H12ClN3O3S/c1-6-11(13(19)20)21-10(17-6)5-16-12(18)7-2-3-9(15)8(14)4-7/h2-4H,5,15H2,1H3,(H,16,18)(H,19,20). The molecule has 0 aliphatic carbocycles. The number of aromatic nitrogens is 1. The molecule has 1 aromatic heterocycles. The number of amides is 1. The Balaban J connectivity index is 2.05. The SMILES string of the molecule is Cc1nc(CNC(=O)c2ccc(N)c(Cl)c2)sc1C(=O)O. The van der Waals surface area contributed by atoms with Crippen LogP contribution in [-0.4, -0.2) is 22.0 Å². The van der Waals surface area contributed by atoms with Crippen LogP contribution in [0.5, 0.6) is 0 Å². The average Bonchev–Trinajstić information content (AvgIpc) is 2.80. The largest absolute Gasteiger partial charge is 0.477 e. The number of thiazole rings is 1. The lowest BCUT2D eigenvalue weighted by atomic mass is 10.2. The first kappa shape index (κ1) is 15.3. The lowest BCUT2D eigenvalue weighted by Crippen LogP contribution is -2.22. The Kier molecular flexibility index (Phi) is 4.44. The zero-order valence-corrected chi connectivity index (χ0v) is 12.6. The summed E-state index contributed by atoms with van der Waals surface area (Å²) < 4.78 is 0. The van der Waals surface area contributed by atoms with E-state index in [2.05, 4.69) is 10.3 Å². The molecule has 21 heavy (non-hydrogen) atoms. The van der Waals surface area contributed by atoms with Crippen molar-refractivity contribution in [2.45, 2.75) is 13.5 Å². The lowest BCUT2D eigenvalue weighted by molar-refractivity contribution is 0.0701. The first-order valence-electron chi connectivity index (χ1n) is 5.91. The number of carboxylic acid groups (broad SMARTS) is 1. The first-order valence-corrected chi connectivity index (χ1v) is 7.10. The van der Waals surface area contributed by atoms with Gasteiger partial charge in [0.25, 0.3) is 5.91 Å². The van der Waals surface area contributed by atoms with Gasteiger partial charge >= 0.3 is 5.97 Å². The number of halogens is 1. The van der Waals surface area contributed by atoms with Crippen LogP contribution in [0.15, 0.2) is 18.2 Å². The Hall–Kier alpha value is -2.12. The summed E-state index contributed by atoms with van der Waals surface area (Å²) in [6.07, 6.45) is 0. The second kappa shape index (κ2) is 6.11. The van der Waals surface area contributed by atoms with Gasteiger partial charge < -0.3 is 16.2 Å². The van der Waals surface area contributed by atoms with Gasteiger partial charge in [0, 0.05) is 5.56 Å². The Morgan fingerprint density at radius 2 is 2.19 bits per heavy atom. The highest BCUT2D eigenvalue weighted by Crippen LogP contribution is 2.20. The third-order valence-corrected chi connectivity index (χ3v) is 4.17. The molecular weight excluding hydrogens is 314 g/mol. The van der Waals surface area contributed by atoms with Crippen LogP contribution in [0.1, 0.15) is 30.7 Å². The van der Waals surface area contributed by atoms with Gasteiger partial charge in [-0.2, -0.15) is 0 Å². The van der Waals surface area contributed by atoms with Crippen molar-refractivity contribution in [3.05, 3.63) is 44.4 Å². The number of nitrogens with one attached hydrogen (secondary N) is 1. The Morgan fingerprint density at radius 1 is 1.48 bits per heavy atom. The minimum atomic E-state index is -1.02. The second-order valence-electron chi connectivity index (χ2n) is 4.25. The van der Waals surface area contributed by atoms with Crippen LogP contribution in [0, 0.1) is 6.92 Å². The number of carboxylic acids is 1. The molecule has 0 atom stereocenters. The molecule has 4 N–H and O–H groups in total. The molecule has 0 spiro atoms. The van der Waals surface area contributed by atoms with Crippen molar-refractivity contribution in [1.29, 1.82) is 0 Å². The third-order valence-electron chi connectivity index (χ3n) is 2.70. The molecule has 2 rings (SSSR count). The summed E-state index contributed by atoms with van der Waals surface area (Å²) in [6, 6.07) is 4.58. The second-order valence-corrected chi connectivity index (χ2v) is 5.74. The number of aryl methyl sites for hydroxylation is 1. The third kappa shape index (κ3) is 3.50. The molecule has 2 aromatic rings. The van der Waals surface area contributed by atoms with E-state index in [4.69, 9.17) is 22.4 Å². The lowest BCUT2D eigenvalue weighted by Gasteiger charge is -2.04. The molecule has 0 saturated carbocycles. The molecule has 0 aliphatic heterocycles. The zero-order valence-electron chi connectivity index (χ0n) is 11.0. The van der Waals surface area contributed by atoms with Crippen LogP contribution in [0.3, 0.4) is 0 Å². The van der Waals surface area contributed by atoms with Crippen LogP contribution in [-0.2, 0) is 6.54 Å². The molecule has 6 nitrogen and oxygen atoms in total. The quantitative estimate of drug-likeness (QED) is 0.748. The highest BCUT2D eigenvalue weighted by Gasteiger charge is 2.15. The normalized spacial score (nSPS) is 10.4. The molecular formula is C13H12ClN3O3S. The Labute approximate surface area is 129 Å². The van der Waals surface area contributed by atoms with Gasteiger partial charge in [0.1, 0.15) is 9.88 Å². The van der Waals surface area contributed by atoms with Crippen molar-refractivity contribution in [2.24, 2.45) is 0 Å². The summed E-state index contributed by atoms with van der Waals surface area (Å²) in [6.45, 7) is 1.77. The number of carbonyl (C=O) groups is 2. The van der Waals surface area contributed by atoms with Gasteiger partial charge in [0.15, 0.2) is 0 Å². The maximum absolute atomic E-state index is 12.0. The van der Waals surface area contributed by atoms with Crippen molar-refractivity contribution in [1.82, 2.24) is 10.3 Å². The van der Waals surface area contributed by atoms with E-state index in [9.17, 15) is 9.59 Å². The van der Waals surface area contributed by atoms with E-state index in [0.29, 0.717) is 27.0 Å². The van der Waals surface area contributed by atoms with Crippen LogP contribution in [0.25, 0.3) is 0 Å². The number of anilines is 1. The van der Waals surface area contributed by atoms with Gasteiger partial charge in [-0.05, 0) is 25.1 Å². The predicted octanol–water partition coefficient (Wildman–Crippen LogP) is 2.32. The van der Waals surface area contributed by atoms with E-state index in [1.54, 1.807) is 19.1 Å². The van der Waals surface area contributed by atoms with Crippen molar-refractivity contribution < 1.29 is 14.7 Å². The molecule has 1 heterocycles. The fourth-order valence-corrected chi connectivity index (χ4v) is 2.68. The number of aromatic carboxylic acids is 1. The van der Waals surface area contributed by atoms with Crippen molar-refractivity contribution >= 4 is 40.5 Å². The summed E-state index contributed by atoms with van der Waals surface area (Å²) >= 11 is 6.89. The number of benzene rings is 1. The zero-order chi connectivity index (χ0) is 15.6. The summed E-state index contributed by atoms with van der Waals surface area (Å²) in [7, 11) is 0. The molecule has 0 fully saturated rings. The molecule has 0 unspecified atom stereocenters. The predicted molar refractivity (Wildman–Crippen MR) is 80.8 cm³/mol. The summed E-state index contributed by atoms with van der Waals surface area (Å²) in [4.78, 5) is 27.2. The molecule has 110 valence electrons. The number of nitrogen functional groups attached to an aromatic ring is 1. The number of hydrogen-bond acceptors (Lipinski definition) is 5. The highest BCUT2D eigenvalue weighted by molar-refractivity contribution is 7.13. The van der Waals surface area contributed by atoms with E-state index in [-0.39, 0.29) is 17.3 Å². The fraction of sp³-hybridized carbons (Fsp3) is 0.154. The van der Waals surface area contributed by atoms with Gasteiger partial charge in [-0.25, -0.2) is 9.78 Å². The molecule has 0 radical (unpaired) electrons. The minimum Gasteiger partial charge on any atom is -0.477 e. The van der Waals surface area contributed by atoms with E-state index < -0.39 is 5.97 Å². The van der Waals surface area contributed by atoms with Gasteiger partial charge in [-0.3, -0.25) is 4.79 Å². The molecule has 1 amide bonds. The summed E-state index contributed by atoms with van der Waals surface area (Å²) in [5, 5.41) is 12.4. The van der Waals surface area contributed by atoms with Gasteiger partial charge in [0.05, 0.1) is 22.9 Å². The Morgan fingerprint density at radius 3 is 2.76 bits per heavy atom. The maximum atomic E-state index is 12.0. The molecule has 8 heteroatoms. The van der Waals surface area contributed by atoms with E-state index in [0.717, 1.165) is 11.3 Å². The van der Waals surface area contributed by atoms with E-state index >= 15 is 0 Å². The molecule has 0 saturated heterocycles. The minimum absolute atomic E-state index is 0.152. The number of nitrogens with zero attached hydrogens (tertiary/aromatic N) is 1. The van der Waals surface area contributed by atoms with Crippen LogP contribution in [0.2, 0.25) is 5.02 Å². The number of rotatable bonds is 4. The monoisotopic (exact) mass is 325 g/mol. The van der Waals surface area contributed by atoms with Crippen LogP contribution in [0.4, 0.5) is 5.69 Å². The van der Waals surface area contributed by atoms with E-state index in [1.165, 1.54) is 6.07 Å². The summed E-state index contributed by atoms with van der Waals surface area (Å²) in [5.41, 5.74) is 6.79. The fourth-order valence-electron chi connectivity index (χ4n) is 1.65. The highest BCUT2D eigenvalue weighted by atomic mass is 35.5. The Bertz CT molecular complexity index is 715. The van der Waals surface area contributed by atoms with Crippen molar-refractivity contribution in [3.8, 4) is 0 Å². The molecule has 0 bridgehead atoms. The average molecular weight is 326 g/mol. The van der Waals surface area contributed by atoms with E-state index in [1.807, 2.05) is 0 Å². The topological polar surface area (TPSA) is 105 Å². The molecule has 1 aromatic carbocycles. The van der Waals surface area contributed by atoms with Crippen molar-refractivity contribution in [3.63, 3.8) is 0 Å². The van der Waals surface area contributed by atoms with Gasteiger partial charge in [0.2, 0.25) is 0 Å². The van der Waals surface area contributed by atoms with Crippen LogP contribution >= 0.6 is 22.9 Å². The van der Waals surface area contributed by atoms with Crippen LogP contribution < -0.4 is 11.1 Å². The molecule has 0 aliphatic rings. The number of carbonyl (C=O) groups excluding carboxylic acids is 1. The number of hydrogen-bond donors (Lipinski definition) is 3. The first-order chi connectivity index (χ1) is 9.88. The maximum Gasteiger partial charge on any atom is 0.347 e. The number of nitrogens with two attached hydrogens (primary N) is 1. The van der Waals surface area contributed by atoms with Crippen molar-refractivity contribution in [2.75, 3.05) is 5.73 Å². The van der Waals surface area contributed by atoms with Gasteiger partial charge in [-0.15, -0.1) is 11.3 Å². The smallest absolute Gasteiger partial charge is 0.347 e. The summed E-state index contributed by atoms with van der Waals surface area (Å²) in [5.74, 6) is -1.35. The van der Waals surface area contributed by atoms with Gasteiger partial charge in [-0.1, -0.05) is 11.6 Å².